The number of carboxylic acids is 1. The van der Waals surface area contributed by atoms with Gasteiger partial charge in [0.05, 0.1) is 5.56 Å². The SMILES string of the molecule is CC(C)(C)OC(=O)N1CC2CC2(c2cccc(C(=O)O)c2)C1. The number of carboxylic acid groups (broad SMARTS) is 1. The molecule has 22 heavy (non-hydrogen) atoms. The average Bonchev–Trinajstić information content (AvgIpc) is 2.99. The Morgan fingerprint density at radius 3 is 2.73 bits per heavy atom. The van der Waals surface area contributed by atoms with Crippen molar-refractivity contribution in [3.05, 3.63) is 35.4 Å². The maximum absolute atomic E-state index is 12.2. The first-order chi connectivity index (χ1) is 10.2. The highest BCUT2D eigenvalue weighted by molar-refractivity contribution is 5.88. The molecule has 2 aliphatic rings. The Bertz CT molecular complexity index is 634. The van der Waals surface area contributed by atoms with Gasteiger partial charge in [0.2, 0.25) is 0 Å². The molecule has 1 aromatic carbocycles. The van der Waals surface area contributed by atoms with Crippen molar-refractivity contribution in [3.8, 4) is 0 Å². The summed E-state index contributed by atoms with van der Waals surface area (Å²) in [7, 11) is 0. The Balaban J connectivity index is 1.76. The molecule has 5 heteroatoms. The third-order valence-corrected chi connectivity index (χ3v) is 4.48. The molecule has 1 saturated heterocycles. The molecule has 2 fully saturated rings. The summed E-state index contributed by atoms with van der Waals surface area (Å²) >= 11 is 0. The van der Waals surface area contributed by atoms with Gasteiger partial charge in [-0.2, -0.15) is 0 Å². The third-order valence-electron chi connectivity index (χ3n) is 4.48. The summed E-state index contributed by atoms with van der Waals surface area (Å²) in [6.45, 7) is 6.86. The number of hydrogen-bond donors (Lipinski definition) is 1. The zero-order chi connectivity index (χ0) is 16.1. The molecule has 1 aliphatic heterocycles. The first kappa shape index (κ1) is 14.9. The van der Waals surface area contributed by atoms with E-state index in [-0.39, 0.29) is 11.5 Å². The second-order valence-electron chi connectivity index (χ2n) is 7.30. The standard InChI is InChI=1S/C17H21NO4/c1-16(2,3)22-15(21)18-9-13-8-17(13,10-18)12-6-4-5-11(7-12)14(19)20/h4-7,13H,8-10H2,1-3H3,(H,19,20). The van der Waals surface area contributed by atoms with Crippen LogP contribution in [-0.4, -0.2) is 40.8 Å². The summed E-state index contributed by atoms with van der Waals surface area (Å²) < 4.78 is 5.43. The van der Waals surface area contributed by atoms with Crippen LogP contribution in [0.2, 0.25) is 0 Å². The lowest BCUT2D eigenvalue weighted by molar-refractivity contribution is 0.0270. The lowest BCUT2D eigenvalue weighted by Crippen LogP contribution is -2.37. The van der Waals surface area contributed by atoms with E-state index in [0.717, 1.165) is 12.0 Å². The fourth-order valence-corrected chi connectivity index (χ4v) is 3.36. The largest absolute Gasteiger partial charge is 0.478 e. The van der Waals surface area contributed by atoms with Crippen molar-refractivity contribution in [3.63, 3.8) is 0 Å². The summed E-state index contributed by atoms with van der Waals surface area (Å²) in [5.41, 5.74) is 0.736. The molecule has 2 unspecified atom stereocenters. The van der Waals surface area contributed by atoms with Crippen LogP contribution in [0.4, 0.5) is 4.79 Å². The zero-order valence-electron chi connectivity index (χ0n) is 13.1. The molecule has 118 valence electrons. The van der Waals surface area contributed by atoms with Gasteiger partial charge in [0, 0.05) is 18.5 Å². The van der Waals surface area contributed by atoms with Crippen molar-refractivity contribution in [2.24, 2.45) is 5.92 Å². The van der Waals surface area contributed by atoms with Crippen molar-refractivity contribution in [2.75, 3.05) is 13.1 Å². The molecular formula is C17H21NO4. The van der Waals surface area contributed by atoms with E-state index in [1.54, 1.807) is 23.1 Å². The maximum Gasteiger partial charge on any atom is 0.410 e. The normalized spacial score (nSPS) is 26.5. The van der Waals surface area contributed by atoms with E-state index in [1.165, 1.54) is 0 Å². The van der Waals surface area contributed by atoms with Crippen molar-refractivity contribution in [1.29, 1.82) is 0 Å². The van der Waals surface area contributed by atoms with Crippen LogP contribution in [0.1, 0.15) is 43.1 Å². The molecule has 1 N–H and O–H groups in total. The molecule has 1 heterocycles. The molecule has 0 radical (unpaired) electrons. The minimum atomic E-state index is -0.919. The van der Waals surface area contributed by atoms with Crippen LogP contribution >= 0.6 is 0 Å². The number of likely N-dealkylation sites (tertiary alicyclic amines) is 1. The van der Waals surface area contributed by atoms with Crippen molar-refractivity contribution >= 4 is 12.1 Å². The third kappa shape index (κ3) is 2.56. The summed E-state index contributed by atoms with van der Waals surface area (Å²) in [6.07, 6.45) is 0.725. The molecule has 0 spiro atoms. The number of hydrogen-bond acceptors (Lipinski definition) is 3. The molecule has 1 amide bonds. The zero-order valence-corrected chi connectivity index (χ0v) is 13.1. The van der Waals surface area contributed by atoms with Gasteiger partial charge >= 0.3 is 12.1 Å². The summed E-state index contributed by atoms with van der Waals surface area (Å²) in [4.78, 5) is 25.1. The van der Waals surface area contributed by atoms with Gasteiger partial charge in [0.1, 0.15) is 5.60 Å². The lowest BCUT2D eigenvalue weighted by atomic mass is 9.93. The number of benzene rings is 1. The summed E-state index contributed by atoms with van der Waals surface area (Å²) in [5, 5.41) is 9.13. The van der Waals surface area contributed by atoms with Crippen LogP contribution in [0.5, 0.6) is 0 Å². The second-order valence-corrected chi connectivity index (χ2v) is 7.30. The van der Waals surface area contributed by atoms with Gasteiger partial charge in [0.15, 0.2) is 0 Å². The van der Waals surface area contributed by atoms with Crippen LogP contribution in [0.15, 0.2) is 24.3 Å². The molecule has 1 aromatic rings. The molecular weight excluding hydrogens is 282 g/mol. The van der Waals surface area contributed by atoms with Crippen molar-refractivity contribution in [2.45, 2.75) is 38.2 Å². The predicted octanol–water partition coefficient (Wildman–Crippen LogP) is 2.89. The number of amides is 1. The fraction of sp³-hybridized carbons (Fsp3) is 0.529. The fourth-order valence-electron chi connectivity index (χ4n) is 3.36. The van der Waals surface area contributed by atoms with Crippen LogP contribution in [0, 0.1) is 5.92 Å². The summed E-state index contributed by atoms with van der Waals surface area (Å²) in [5.74, 6) is -0.512. The number of carbonyl (C=O) groups is 2. The molecule has 1 aliphatic carbocycles. The summed E-state index contributed by atoms with van der Waals surface area (Å²) in [6, 6.07) is 7.07. The highest BCUT2D eigenvalue weighted by Crippen LogP contribution is 2.59. The maximum atomic E-state index is 12.2. The van der Waals surface area contributed by atoms with E-state index in [1.807, 2.05) is 26.8 Å². The van der Waals surface area contributed by atoms with E-state index < -0.39 is 11.6 Å². The molecule has 1 saturated carbocycles. The van der Waals surface area contributed by atoms with E-state index >= 15 is 0 Å². The Morgan fingerprint density at radius 2 is 2.09 bits per heavy atom. The molecule has 3 rings (SSSR count). The van der Waals surface area contributed by atoms with Crippen LogP contribution in [-0.2, 0) is 10.2 Å². The van der Waals surface area contributed by atoms with Crippen LogP contribution in [0.25, 0.3) is 0 Å². The van der Waals surface area contributed by atoms with Crippen molar-refractivity contribution in [1.82, 2.24) is 4.90 Å². The van der Waals surface area contributed by atoms with E-state index in [0.29, 0.717) is 24.6 Å². The number of nitrogens with zero attached hydrogens (tertiary/aromatic N) is 1. The number of carbonyl (C=O) groups excluding carboxylic acids is 1. The molecule has 0 aromatic heterocycles. The number of aromatic carboxylic acids is 1. The van der Waals surface area contributed by atoms with E-state index in [2.05, 4.69) is 0 Å². The monoisotopic (exact) mass is 303 g/mol. The van der Waals surface area contributed by atoms with Gasteiger partial charge in [0.25, 0.3) is 0 Å². The van der Waals surface area contributed by atoms with Gasteiger partial charge in [-0.25, -0.2) is 9.59 Å². The highest BCUT2D eigenvalue weighted by Gasteiger charge is 2.62. The van der Waals surface area contributed by atoms with Gasteiger partial charge in [-0.1, -0.05) is 12.1 Å². The predicted molar refractivity (Wildman–Crippen MR) is 81.0 cm³/mol. The van der Waals surface area contributed by atoms with Gasteiger partial charge < -0.3 is 14.7 Å². The quantitative estimate of drug-likeness (QED) is 0.912. The average molecular weight is 303 g/mol. The van der Waals surface area contributed by atoms with Gasteiger partial charge in [-0.3, -0.25) is 0 Å². The Hall–Kier alpha value is -2.04. The minimum absolute atomic E-state index is 0.0810. The van der Waals surface area contributed by atoms with E-state index in [9.17, 15) is 9.59 Å². The number of fused-ring (bicyclic) bond motifs is 1. The Kier molecular flexibility index (Phi) is 3.20. The minimum Gasteiger partial charge on any atom is -0.478 e. The first-order valence-corrected chi connectivity index (χ1v) is 7.53. The molecule has 5 nitrogen and oxygen atoms in total. The number of rotatable bonds is 2. The lowest BCUT2D eigenvalue weighted by Gasteiger charge is -2.26. The number of ether oxygens (including phenoxy) is 1. The smallest absolute Gasteiger partial charge is 0.410 e. The highest BCUT2D eigenvalue weighted by atomic mass is 16.6. The van der Waals surface area contributed by atoms with Crippen LogP contribution < -0.4 is 0 Å². The molecule has 2 atom stereocenters. The van der Waals surface area contributed by atoms with E-state index in [4.69, 9.17) is 9.84 Å². The molecule has 0 bridgehead atoms. The topological polar surface area (TPSA) is 66.8 Å². The Labute approximate surface area is 129 Å². The second kappa shape index (κ2) is 4.73. The Morgan fingerprint density at radius 1 is 1.36 bits per heavy atom. The number of piperidine rings is 1. The van der Waals surface area contributed by atoms with Crippen molar-refractivity contribution < 1.29 is 19.4 Å². The van der Waals surface area contributed by atoms with Gasteiger partial charge in [-0.15, -0.1) is 0 Å². The van der Waals surface area contributed by atoms with Gasteiger partial charge in [-0.05, 0) is 50.8 Å². The van der Waals surface area contributed by atoms with Crippen LogP contribution in [0.3, 0.4) is 0 Å². The first-order valence-electron chi connectivity index (χ1n) is 7.53.